The highest BCUT2D eigenvalue weighted by atomic mass is 19.4. The summed E-state index contributed by atoms with van der Waals surface area (Å²) < 4.78 is 36.9. The van der Waals surface area contributed by atoms with Crippen molar-refractivity contribution in [1.29, 1.82) is 0 Å². The Morgan fingerprint density at radius 1 is 1.22 bits per heavy atom. The standard InChI is InChI=1S/C17H29NO2.C2HF3O2/c1-4-5-6-16(13-19)18-14(2)7-8-15-9-11-17(20-3)12-10-15;3-2(4,5)1(6)7/h9-12,14,16,18-19H,4-8,13H2,1-3H3;(H,6,7). The van der Waals surface area contributed by atoms with Gasteiger partial charge in [-0.2, -0.15) is 13.2 Å². The number of unbranched alkanes of at least 4 members (excludes halogenated alkanes) is 1. The third-order valence-electron chi connectivity index (χ3n) is 3.91. The van der Waals surface area contributed by atoms with Gasteiger partial charge in [0.15, 0.2) is 0 Å². The van der Waals surface area contributed by atoms with Crippen LogP contribution in [0.1, 0.15) is 45.1 Å². The molecule has 0 saturated heterocycles. The lowest BCUT2D eigenvalue weighted by Crippen LogP contribution is -2.39. The van der Waals surface area contributed by atoms with Crippen molar-refractivity contribution in [3.8, 4) is 5.75 Å². The zero-order valence-corrected chi connectivity index (χ0v) is 16.1. The van der Waals surface area contributed by atoms with Gasteiger partial charge in [-0.15, -0.1) is 0 Å². The van der Waals surface area contributed by atoms with E-state index in [0.29, 0.717) is 6.04 Å². The number of aryl methyl sites for hydroxylation is 1. The predicted molar refractivity (Wildman–Crippen MR) is 98.0 cm³/mol. The summed E-state index contributed by atoms with van der Waals surface area (Å²) in [5.41, 5.74) is 1.33. The van der Waals surface area contributed by atoms with E-state index in [0.717, 1.165) is 25.0 Å². The van der Waals surface area contributed by atoms with Gasteiger partial charge in [0.25, 0.3) is 0 Å². The Morgan fingerprint density at radius 3 is 2.19 bits per heavy atom. The average Bonchev–Trinajstić information content (AvgIpc) is 2.63. The maximum atomic E-state index is 10.6. The number of methoxy groups -OCH3 is 1. The molecule has 2 atom stereocenters. The maximum absolute atomic E-state index is 10.6. The zero-order valence-electron chi connectivity index (χ0n) is 16.1. The van der Waals surface area contributed by atoms with Crippen LogP contribution in [0.25, 0.3) is 0 Å². The number of hydrogen-bond donors (Lipinski definition) is 3. The number of benzene rings is 1. The first-order valence-corrected chi connectivity index (χ1v) is 8.93. The molecule has 0 spiro atoms. The first-order chi connectivity index (χ1) is 12.6. The van der Waals surface area contributed by atoms with E-state index in [4.69, 9.17) is 14.6 Å². The van der Waals surface area contributed by atoms with Crippen LogP contribution in [0.2, 0.25) is 0 Å². The number of aliphatic carboxylic acids is 1. The molecule has 0 heterocycles. The average molecular weight is 393 g/mol. The SMILES string of the molecule is CCCCC(CO)NC(C)CCc1ccc(OC)cc1.O=C(O)C(F)(F)F. The van der Waals surface area contributed by atoms with Crippen LogP contribution in [0.15, 0.2) is 24.3 Å². The third-order valence-corrected chi connectivity index (χ3v) is 3.91. The molecule has 1 aromatic carbocycles. The predicted octanol–water partition coefficient (Wildman–Crippen LogP) is 3.79. The number of aliphatic hydroxyl groups is 1. The van der Waals surface area contributed by atoms with Crippen molar-refractivity contribution < 1.29 is 32.9 Å². The second-order valence-electron chi connectivity index (χ2n) is 6.28. The molecule has 5 nitrogen and oxygen atoms in total. The summed E-state index contributed by atoms with van der Waals surface area (Å²) in [4.78, 5) is 8.90. The van der Waals surface area contributed by atoms with E-state index in [1.165, 1.54) is 18.4 Å². The summed E-state index contributed by atoms with van der Waals surface area (Å²) >= 11 is 0. The quantitative estimate of drug-likeness (QED) is 0.564. The first kappa shape index (κ1) is 25.2. The van der Waals surface area contributed by atoms with Crippen molar-refractivity contribution in [1.82, 2.24) is 5.32 Å². The lowest BCUT2D eigenvalue weighted by Gasteiger charge is -2.21. The fourth-order valence-electron chi connectivity index (χ4n) is 2.34. The number of carbonyl (C=O) groups is 1. The number of carboxylic acids is 1. The van der Waals surface area contributed by atoms with E-state index in [1.807, 2.05) is 12.1 Å². The van der Waals surface area contributed by atoms with Gasteiger partial charge < -0.3 is 20.3 Å². The van der Waals surface area contributed by atoms with Gasteiger partial charge in [-0.3, -0.25) is 0 Å². The lowest BCUT2D eigenvalue weighted by atomic mass is 10.0. The fourth-order valence-corrected chi connectivity index (χ4v) is 2.34. The smallest absolute Gasteiger partial charge is 0.490 e. The Bertz CT molecular complexity index is 521. The minimum Gasteiger partial charge on any atom is -0.497 e. The van der Waals surface area contributed by atoms with Crippen molar-refractivity contribution in [2.75, 3.05) is 13.7 Å². The highest BCUT2D eigenvalue weighted by molar-refractivity contribution is 5.73. The summed E-state index contributed by atoms with van der Waals surface area (Å²) in [6, 6.07) is 8.90. The molecule has 0 radical (unpaired) electrons. The van der Waals surface area contributed by atoms with Gasteiger partial charge in [0.2, 0.25) is 0 Å². The van der Waals surface area contributed by atoms with Crippen LogP contribution < -0.4 is 10.1 Å². The molecule has 0 bridgehead atoms. The van der Waals surface area contributed by atoms with Crippen molar-refractivity contribution in [2.45, 2.75) is 64.2 Å². The molecule has 0 fully saturated rings. The lowest BCUT2D eigenvalue weighted by molar-refractivity contribution is -0.192. The molecule has 1 rings (SSSR count). The summed E-state index contributed by atoms with van der Waals surface area (Å²) in [5.74, 6) is -1.85. The fraction of sp³-hybridized carbons (Fsp3) is 0.632. The van der Waals surface area contributed by atoms with E-state index in [-0.39, 0.29) is 12.6 Å². The highest BCUT2D eigenvalue weighted by Crippen LogP contribution is 2.14. The van der Waals surface area contributed by atoms with Crippen LogP contribution in [-0.4, -0.2) is 48.2 Å². The molecule has 0 amide bonds. The number of halogens is 3. The van der Waals surface area contributed by atoms with E-state index in [1.54, 1.807) is 7.11 Å². The van der Waals surface area contributed by atoms with Crippen LogP contribution in [0.4, 0.5) is 13.2 Å². The van der Waals surface area contributed by atoms with E-state index < -0.39 is 12.1 Å². The Balaban J connectivity index is 0.000000821. The topological polar surface area (TPSA) is 78.8 Å². The number of alkyl halides is 3. The van der Waals surface area contributed by atoms with Crippen LogP contribution in [0.3, 0.4) is 0 Å². The second-order valence-corrected chi connectivity index (χ2v) is 6.28. The molecule has 27 heavy (non-hydrogen) atoms. The maximum Gasteiger partial charge on any atom is 0.490 e. The summed E-state index contributed by atoms with van der Waals surface area (Å²) in [6.07, 6.45) is 0.445. The molecule has 156 valence electrons. The van der Waals surface area contributed by atoms with E-state index in [2.05, 4.69) is 31.3 Å². The number of nitrogens with one attached hydrogen (secondary N) is 1. The Morgan fingerprint density at radius 2 is 1.78 bits per heavy atom. The van der Waals surface area contributed by atoms with Crippen molar-refractivity contribution in [3.63, 3.8) is 0 Å². The third kappa shape index (κ3) is 12.3. The Labute approximate surface area is 158 Å². The number of ether oxygens (including phenoxy) is 1. The monoisotopic (exact) mass is 393 g/mol. The highest BCUT2D eigenvalue weighted by Gasteiger charge is 2.38. The van der Waals surface area contributed by atoms with Gasteiger partial charge in [-0.25, -0.2) is 4.79 Å². The van der Waals surface area contributed by atoms with E-state index in [9.17, 15) is 18.3 Å². The van der Waals surface area contributed by atoms with Crippen molar-refractivity contribution >= 4 is 5.97 Å². The molecule has 0 aliphatic heterocycles. The largest absolute Gasteiger partial charge is 0.497 e. The summed E-state index contributed by atoms with van der Waals surface area (Å²) in [5, 5.41) is 20.0. The molecule has 0 saturated carbocycles. The minimum absolute atomic E-state index is 0.229. The number of aliphatic hydroxyl groups excluding tert-OH is 1. The second kappa shape index (κ2) is 13.4. The normalized spacial score (nSPS) is 13.3. The molecule has 8 heteroatoms. The van der Waals surface area contributed by atoms with Gasteiger partial charge in [0.1, 0.15) is 5.75 Å². The zero-order chi connectivity index (χ0) is 20.9. The number of rotatable bonds is 10. The molecule has 3 N–H and O–H groups in total. The van der Waals surface area contributed by atoms with Crippen LogP contribution in [0, 0.1) is 0 Å². The minimum atomic E-state index is -5.08. The Hall–Kier alpha value is -1.80. The summed E-state index contributed by atoms with van der Waals surface area (Å²) in [7, 11) is 1.69. The summed E-state index contributed by atoms with van der Waals surface area (Å²) in [6.45, 7) is 4.60. The molecule has 2 unspecified atom stereocenters. The number of carboxylic acid groups (broad SMARTS) is 1. The van der Waals surface area contributed by atoms with Crippen molar-refractivity contribution in [2.24, 2.45) is 0 Å². The Kier molecular flexibility index (Phi) is 12.5. The molecular weight excluding hydrogens is 363 g/mol. The van der Waals surface area contributed by atoms with Gasteiger partial charge in [-0.05, 0) is 43.9 Å². The van der Waals surface area contributed by atoms with Gasteiger partial charge in [0, 0.05) is 12.1 Å². The molecule has 1 aromatic rings. The van der Waals surface area contributed by atoms with Gasteiger partial charge in [0.05, 0.1) is 13.7 Å². The van der Waals surface area contributed by atoms with Crippen LogP contribution in [0.5, 0.6) is 5.75 Å². The van der Waals surface area contributed by atoms with E-state index >= 15 is 0 Å². The van der Waals surface area contributed by atoms with Crippen LogP contribution >= 0.6 is 0 Å². The van der Waals surface area contributed by atoms with Crippen LogP contribution in [-0.2, 0) is 11.2 Å². The molecule has 0 aromatic heterocycles. The van der Waals surface area contributed by atoms with Gasteiger partial charge in [-0.1, -0.05) is 31.9 Å². The van der Waals surface area contributed by atoms with Crippen molar-refractivity contribution in [3.05, 3.63) is 29.8 Å². The molecule has 0 aliphatic rings. The first-order valence-electron chi connectivity index (χ1n) is 8.93. The number of hydrogen-bond acceptors (Lipinski definition) is 4. The molecular formula is C19H30F3NO4. The van der Waals surface area contributed by atoms with Gasteiger partial charge >= 0.3 is 12.1 Å². The molecule has 0 aliphatic carbocycles.